The van der Waals surface area contributed by atoms with E-state index in [0.29, 0.717) is 5.69 Å². The van der Waals surface area contributed by atoms with Gasteiger partial charge in [0.1, 0.15) is 0 Å². The highest BCUT2D eigenvalue weighted by atomic mass is 16.3. The Kier molecular flexibility index (Phi) is 2.95. The third-order valence-electron chi connectivity index (χ3n) is 3.47. The molecular weight excluding hydrogens is 250 g/mol. The molecule has 0 aliphatic heterocycles. The van der Waals surface area contributed by atoms with Crippen LogP contribution in [0.2, 0.25) is 0 Å². The Morgan fingerprint density at radius 2 is 1.45 bits per heavy atom. The number of benzene rings is 3. The summed E-state index contributed by atoms with van der Waals surface area (Å²) in [6.07, 6.45) is 0.752. The van der Waals surface area contributed by atoms with E-state index in [2.05, 4.69) is 12.1 Å². The molecular formula is C17H15NO2. The summed E-state index contributed by atoms with van der Waals surface area (Å²) in [5.74, 6) is -0.279. The van der Waals surface area contributed by atoms with Crippen molar-refractivity contribution < 1.29 is 10.2 Å². The fourth-order valence-electron chi connectivity index (χ4n) is 2.42. The normalized spacial score (nSPS) is 10.8. The molecule has 0 saturated heterocycles. The first-order valence-corrected chi connectivity index (χ1v) is 6.42. The van der Waals surface area contributed by atoms with Gasteiger partial charge in [-0.15, -0.1) is 0 Å². The Hall–Kier alpha value is -2.68. The summed E-state index contributed by atoms with van der Waals surface area (Å²) in [5.41, 5.74) is 8.79. The number of fused-ring (bicyclic) bond motifs is 1. The van der Waals surface area contributed by atoms with Gasteiger partial charge >= 0.3 is 0 Å². The van der Waals surface area contributed by atoms with E-state index < -0.39 is 0 Å². The maximum absolute atomic E-state index is 9.71. The zero-order chi connectivity index (χ0) is 14.1. The largest absolute Gasteiger partial charge is 0.504 e. The molecule has 3 nitrogen and oxygen atoms in total. The molecule has 0 heterocycles. The van der Waals surface area contributed by atoms with Crippen LogP contribution in [0.4, 0.5) is 5.69 Å². The predicted octanol–water partition coefficient (Wildman–Crippen LogP) is 3.42. The lowest BCUT2D eigenvalue weighted by atomic mass is 9.97. The van der Waals surface area contributed by atoms with Gasteiger partial charge in [-0.1, -0.05) is 36.4 Å². The van der Waals surface area contributed by atoms with E-state index in [1.54, 1.807) is 6.07 Å². The summed E-state index contributed by atoms with van der Waals surface area (Å²) in [6, 6.07) is 17.0. The van der Waals surface area contributed by atoms with Gasteiger partial charge in [-0.05, 0) is 41.1 Å². The first-order valence-electron chi connectivity index (χ1n) is 6.42. The number of aromatic hydroxyl groups is 2. The van der Waals surface area contributed by atoms with Crippen LogP contribution in [-0.2, 0) is 6.42 Å². The van der Waals surface area contributed by atoms with Crippen molar-refractivity contribution in [3.8, 4) is 11.5 Å². The second-order valence-corrected chi connectivity index (χ2v) is 4.86. The summed E-state index contributed by atoms with van der Waals surface area (Å²) in [6.45, 7) is 0. The molecule has 3 aromatic rings. The summed E-state index contributed by atoms with van der Waals surface area (Å²) in [5, 5.41) is 20.9. The molecule has 0 unspecified atom stereocenters. The monoisotopic (exact) mass is 265 g/mol. The number of nitrogen functional groups attached to an aromatic ring is 1. The van der Waals surface area contributed by atoms with Crippen LogP contribution in [0, 0.1) is 0 Å². The van der Waals surface area contributed by atoms with Crippen molar-refractivity contribution in [2.24, 2.45) is 0 Å². The number of hydrogen-bond donors (Lipinski definition) is 3. The van der Waals surface area contributed by atoms with E-state index in [1.165, 1.54) is 11.6 Å². The molecule has 0 aromatic heterocycles. The Bertz CT molecular complexity index is 767. The van der Waals surface area contributed by atoms with E-state index >= 15 is 0 Å². The number of hydrogen-bond acceptors (Lipinski definition) is 3. The summed E-state index contributed by atoms with van der Waals surface area (Å²) in [7, 11) is 0. The van der Waals surface area contributed by atoms with Crippen LogP contribution in [0.15, 0.2) is 54.6 Å². The van der Waals surface area contributed by atoms with E-state index in [9.17, 15) is 10.2 Å². The number of rotatable bonds is 2. The van der Waals surface area contributed by atoms with Gasteiger partial charge in [0.2, 0.25) is 0 Å². The Balaban J connectivity index is 2.16. The second kappa shape index (κ2) is 4.78. The van der Waals surface area contributed by atoms with Crippen molar-refractivity contribution in [1.29, 1.82) is 0 Å². The molecule has 4 N–H and O–H groups in total. The van der Waals surface area contributed by atoms with Crippen molar-refractivity contribution in [1.82, 2.24) is 0 Å². The van der Waals surface area contributed by atoms with Gasteiger partial charge in [-0.2, -0.15) is 0 Å². The molecule has 0 aliphatic carbocycles. The molecule has 0 radical (unpaired) electrons. The van der Waals surface area contributed by atoms with Gasteiger partial charge in [0, 0.05) is 11.1 Å². The third-order valence-corrected chi connectivity index (χ3v) is 3.47. The van der Waals surface area contributed by atoms with Crippen LogP contribution in [0.5, 0.6) is 11.5 Å². The minimum Gasteiger partial charge on any atom is -0.504 e. The lowest BCUT2D eigenvalue weighted by molar-refractivity contribution is 0.405. The summed E-state index contributed by atoms with van der Waals surface area (Å²) in [4.78, 5) is 0. The van der Waals surface area contributed by atoms with Crippen LogP contribution in [0.3, 0.4) is 0 Å². The van der Waals surface area contributed by atoms with Crippen molar-refractivity contribution in [2.75, 3.05) is 5.73 Å². The highest BCUT2D eigenvalue weighted by molar-refractivity contribution is 5.97. The lowest BCUT2D eigenvalue weighted by Crippen LogP contribution is -1.93. The highest BCUT2D eigenvalue weighted by Crippen LogP contribution is 2.35. The molecule has 20 heavy (non-hydrogen) atoms. The van der Waals surface area contributed by atoms with Crippen LogP contribution in [0.25, 0.3) is 10.8 Å². The van der Waals surface area contributed by atoms with E-state index in [4.69, 9.17) is 5.73 Å². The van der Waals surface area contributed by atoms with Gasteiger partial charge in [0.05, 0.1) is 0 Å². The predicted molar refractivity (Wildman–Crippen MR) is 80.9 cm³/mol. The zero-order valence-electron chi connectivity index (χ0n) is 10.9. The van der Waals surface area contributed by atoms with Gasteiger partial charge in [0.25, 0.3) is 0 Å². The molecule has 0 saturated carbocycles. The maximum atomic E-state index is 9.71. The van der Waals surface area contributed by atoms with Crippen molar-refractivity contribution >= 4 is 16.5 Å². The van der Waals surface area contributed by atoms with Gasteiger partial charge in [0.15, 0.2) is 11.5 Å². The average molecular weight is 265 g/mol. The lowest BCUT2D eigenvalue weighted by Gasteiger charge is -2.10. The van der Waals surface area contributed by atoms with E-state index in [-0.39, 0.29) is 11.5 Å². The standard InChI is InChI=1S/C17H15NO2/c18-15-7-6-12(8-11-4-2-1-3-5-11)13-9-16(19)17(20)10-14(13)15/h1-7,9-10,19-20H,8,18H2. The van der Waals surface area contributed by atoms with Gasteiger partial charge < -0.3 is 15.9 Å². The molecule has 0 aliphatic rings. The molecule has 3 rings (SSSR count). The molecule has 100 valence electrons. The molecule has 0 amide bonds. The third kappa shape index (κ3) is 2.14. The van der Waals surface area contributed by atoms with Gasteiger partial charge in [-0.3, -0.25) is 0 Å². The number of anilines is 1. The highest BCUT2D eigenvalue weighted by Gasteiger charge is 2.09. The van der Waals surface area contributed by atoms with Gasteiger partial charge in [-0.25, -0.2) is 0 Å². The minimum atomic E-state index is -0.152. The van der Waals surface area contributed by atoms with Crippen molar-refractivity contribution in [3.63, 3.8) is 0 Å². The zero-order valence-corrected chi connectivity index (χ0v) is 10.9. The molecule has 0 fully saturated rings. The molecule has 0 spiro atoms. The molecule has 3 heteroatoms. The first kappa shape index (κ1) is 12.4. The van der Waals surface area contributed by atoms with Crippen LogP contribution >= 0.6 is 0 Å². The second-order valence-electron chi connectivity index (χ2n) is 4.86. The first-order chi connectivity index (χ1) is 9.65. The molecule has 3 aromatic carbocycles. The Morgan fingerprint density at radius 1 is 0.800 bits per heavy atom. The topological polar surface area (TPSA) is 66.5 Å². The number of phenols is 2. The maximum Gasteiger partial charge on any atom is 0.158 e. The smallest absolute Gasteiger partial charge is 0.158 e. The van der Waals surface area contributed by atoms with Crippen LogP contribution in [0.1, 0.15) is 11.1 Å². The fourth-order valence-corrected chi connectivity index (χ4v) is 2.42. The summed E-state index contributed by atoms with van der Waals surface area (Å²) >= 11 is 0. The number of nitrogens with two attached hydrogens (primary N) is 1. The summed E-state index contributed by atoms with van der Waals surface area (Å²) < 4.78 is 0. The average Bonchev–Trinajstić information content (AvgIpc) is 2.45. The SMILES string of the molecule is Nc1ccc(Cc2ccccc2)c2cc(O)c(O)cc12. The van der Waals surface area contributed by atoms with Crippen molar-refractivity contribution in [2.45, 2.75) is 6.42 Å². The van der Waals surface area contributed by atoms with Crippen LogP contribution < -0.4 is 5.73 Å². The van der Waals surface area contributed by atoms with E-state index in [0.717, 1.165) is 22.8 Å². The Morgan fingerprint density at radius 3 is 2.15 bits per heavy atom. The molecule has 0 bridgehead atoms. The molecule has 0 atom stereocenters. The fraction of sp³-hybridized carbons (Fsp3) is 0.0588. The quantitative estimate of drug-likeness (QED) is 0.491. The minimum absolute atomic E-state index is 0.127. The van der Waals surface area contributed by atoms with Crippen molar-refractivity contribution in [3.05, 3.63) is 65.7 Å². The number of phenolic OH excluding ortho intramolecular Hbond substituents is 2. The van der Waals surface area contributed by atoms with E-state index in [1.807, 2.05) is 30.3 Å². The van der Waals surface area contributed by atoms with Crippen LogP contribution in [-0.4, -0.2) is 10.2 Å². The Labute approximate surface area is 116 Å².